The molecule has 0 aromatic carbocycles. The molecule has 0 saturated heterocycles. The lowest BCUT2D eigenvalue weighted by Crippen LogP contribution is -2.28. The summed E-state index contributed by atoms with van der Waals surface area (Å²) >= 11 is 0. The maximum atomic E-state index is 7.80. The Morgan fingerprint density at radius 2 is 0.650 bits per heavy atom. The van der Waals surface area contributed by atoms with E-state index in [1.165, 1.54) is 122 Å². The maximum absolute atomic E-state index is 7.80. The van der Waals surface area contributed by atoms with Gasteiger partial charge >= 0.3 is 0 Å². The van der Waals surface area contributed by atoms with E-state index in [-0.39, 0.29) is 17.2 Å². The highest BCUT2D eigenvalue weighted by Gasteiger charge is 2.35. The Morgan fingerprint density at radius 1 is 0.412 bits per heavy atom. The predicted octanol–water partition coefficient (Wildman–Crippen LogP) is 31.2. The van der Waals surface area contributed by atoms with Crippen LogP contribution in [0.5, 0.6) is 0 Å². The molecule has 1 spiro atoms. The summed E-state index contributed by atoms with van der Waals surface area (Å²) < 4.78 is 44.0. The second-order valence-corrected chi connectivity index (χ2v) is 33.2. The Hall–Kier alpha value is 0. The lowest BCUT2D eigenvalue weighted by Gasteiger charge is -2.42. The van der Waals surface area contributed by atoms with E-state index in [1.807, 2.05) is 83.1 Å². The summed E-state index contributed by atoms with van der Waals surface area (Å²) in [7, 11) is 0. The van der Waals surface area contributed by atoms with Gasteiger partial charge in [0.15, 0.2) is 0 Å². The van der Waals surface area contributed by atoms with Crippen LogP contribution < -0.4 is 0 Å². The Bertz CT molecular complexity index is 1280. The van der Waals surface area contributed by atoms with Crippen LogP contribution in [0.15, 0.2) is 0 Å². The molecular weight excluding hydrogens is 961 g/mol. The molecule has 0 aromatic heterocycles. The first-order chi connectivity index (χ1) is 38.4. The van der Waals surface area contributed by atoms with Gasteiger partial charge in [-0.3, -0.25) is 0 Å². The van der Waals surface area contributed by atoms with Crippen LogP contribution in [0.25, 0.3) is 0 Å². The lowest BCUT2D eigenvalue weighted by molar-refractivity contribution is 0.102. The van der Waals surface area contributed by atoms with E-state index >= 15 is 0 Å². The van der Waals surface area contributed by atoms with E-state index in [0.717, 1.165) is 54.8 Å². The standard InChI is InChI=1S/C12H22.2C9H18.2C7H14.2C6H14.2C5H12.2C4H10.3C2H6/c1-11-5-9-12(10-6-11)7-3-2-4-8-12;2*1-8-4-6-9(2,3)7-5-8;2*1-2-7-5-3-4-6-7;2*1-5-6(2,3)4;2*1-5(2,3)4;2*1-4(2)3;3*1-2/h11H,2-10H2,1H3;2*8H,4-7H2,1-3H3;2*7H,2-6H2,1H3;2*5H2,1-4H3;2*1-4H3;2*4H,1-3H3;3*1-2H3/i;8D;;2D2;;5D2;;;;4D;;;;. The molecule has 0 bridgehead atoms. The van der Waals surface area contributed by atoms with Crippen LogP contribution in [0.1, 0.15) is 451 Å². The molecule has 0 amide bonds. The average Bonchev–Trinajstić information content (AvgIpc) is 4.10. The smallest absolute Gasteiger partial charge is 0.0300 e. The van der Waals surface area contributed by atoms with E-state index in [2.05, 4.69) is 159 Å². The largest absolute Gasteiger partial charge is 0.0683 e. The van der Waals surface area contributed by atoms with Crippen molar-refractivity contribution < 1.29 is 8.22 Å². The third kappa shape index (κ3) is 94.4. The van der Waals surface area contributed by atoms with E-state index in [4.69, 9.17) is 8.22 Å². The molecular formula is C80H176. The van der Waals surface area contributed by atoms with Crippen LogP contribution in [-0.2, 0) is 0 Å². The maximum Gasteiger partial charge on any atom is 0.0300 e. The first-order valence-corrected chi connectivity index (χ1v) is 35.4. The van der Waals surface area contributed by atoms with Gasteiger partial charge in [0.05, 0.1) is 0 Å². The average molecular weight is 1140 g/mol. The lowest BCUT2D eigenvalue weighted by atomic mass is 9.63. The fourth-order valence-corrected chi connectivity index (χ4v) is 8.71. The van der Waals surface area contributed by atoms with Gasteiger partial charge in [-0.25, -0.2) is 0 Å². The fourth-order valence-electron chi connectivity index (χ4n) is 8.71. The molecule has 0 heteroatoms. The van der Waals surface area contributed by atoms with Gasteiger partial charge in [-0.15, -0.1) is 0 Å². The van der Waals surface area contributed by atoms with Crippen molar-refractivity contribution in [3.05, 3.63) is 0 Å². The van der Waals surface area contributed by atoms with Crippen LogP contribution in [0, 0.1) is 79.3 Å². The van der Waals surface area contributed by atoms with Gasteiger partial charge in [0, 0.05) is 8.22 Å². The summed E-state index contributed by atoms with van der Waals surface area (Å²) in [4.78, 5) is 0. The molecule has 6 aliphatic carbocycles. The van der Waals surface area contributed by atoms with Crippen LogP contribution in [0.2, 0.25) is 0 Å². The number of hydrogen-bond acceptors (Lipinski definition) is 0. The first-order valence-electron chi connectivity index (χ1n) is 38.4. The second-order valence-electron chi connectivity index (χ2n) is 33.2. The number of hydrogen-bond donors (Lipinski definition) is 0. The Labute approximate surface area is 527 Å². The highest BCUT2D eigenvalue weighted by Crippen LogP contribution is 2.48. The van der Waals surface area contributed by atoms with Gasteiger partial charge in [-0.2, -0.15) is 0 Å². The molecule has 0 atom stereocenters. The second kappa shape index (κ2) is 56.8. The normalized spacial score (nSPS) is 21.5. The van der Waals surface area contributed by atoms with Crippen LogP contribution in [0.3, 0.4) is 0 Å². The summed E-state index contributed by atoms with van der Waals surface area (Å²) in [6.07, 6.45) is 35.6. The number of rotatable bonds is 2. The molecule has 6 rings (SSSR count). The molecule has 0 heterocycles. The summed E-state index contributed by atoms with van der Waals surface area (Å²) in [6.45, 7) is 78.0. The molecule has 6 saturated carbocycles. The van der Waals surface area contributed by atoms with Crippen molar-refractivity contribution in [3.63, 3.8) is 0 Å². The van der Waals surface area contributed by atoms with E-state index in [1.54, 1.807) is 39.5 Å². The molecule has 0 radical (unpaired) electrons. The van der Waals surface area contributed by atoms with Crippen molar-refractivity contribution in [1.29, 1.82) is 0 Å². The summed E-state index contributed by atoms with van der Waals surface area (Å²) in [6, 6.07) is 0. The molecule has 6 fully saturated rings. The third-order valence-electron chi connectivity index (χ3n) is 15.0. The summed E-state index contributed by atoms with van der Waals surface area (Å²) in [5, 5.41) is 0. The minimum Gasteiger partial charge on any atom is -0.0683 e. The summed E-state index contributed by atoms with van der Waals surface area (Å²) in [5.41, 5.74) is 3.32. The van der Waals surface area contributed by atoms with Crippen molar-refractivity contribution in [2.24, 2.45) is 79.3 Å². The predicted molar refractivity (Wildman–Crippen MR) is 385 cm³/mol. The van der Waals surface area contributed by atoms with Gasteiger partial charge in [-0.05, 0) is 131 Å². The van der Waals surface area contributed by atoms with Crippen molar-refractivity contribution in [1.82, 2.24) is 0 Å². The Balaban J connectivity index is -0.000000130. The molecule has 80 heavy (non-hydrogen) atoms. The SMILES string of the molecule is CC.CC.CC.CC(C)(C)C.CC(C)(C)C.CC(C)C.CC1CCC(C)(C)CC1.CC1CCC2(CCCCC2)CC1.CCC(C)(C)C.CCC1CCCC1.[2H]C(C)(C)C.[2H]C([2H])(C)C(C)(C)C.[2H]C([2H])(C)C1CCCC1.[2H]C1(C)CCC(C)(C)CC1. The fraction of sp³-hybridized carbons (Fsp3) is 1.00. The van der Waals surface area contributed by atoms with E-state index in [0.29, 0.717) is 33.0 Å². The van der Waals surface area contributed by atoms with Crippen molar-refractivity contribution in [2.45, 2.75) is 442 Å². The molecule has 0 N–H and O–H groups in total. The van der Waals surface area contributed by atoms with Crippen molar-refractivity contribution >= 4 is 0 Å². The molecule has 0 aliphatic heterocycles. The quantitative estimate of drug-likeness (QED) is 0.259. The first kappa shape index (κ1) is 82.1. The minimum absolute atomic E-state index is 0.116. The zero-order valence-corrected chi connectivity index (χ0v) is 64.5. The van der Waals surface area contributed by atoms with E-state index in [9.17, 15) is 0 Å². The highest BCUT2D eigenvalue weighted by atomic mass is 14.4. The molecule has 6 aliphatic rings. The molecule has 0 nitrogen and oxygen atoms in total. The monoisotopic (exact) mass is 1140 g/mol. The zero-order valence-electron chi connectivity index (χ0n) is 70.5. The molecule has 0 unspecified atom stereocenters. The van der Waals surface area contributed by atoms with Crippen LogP contribution >= 0.6 is 0 Å². The van der Waals surface area contributed by atoms with Crippen molar-refractivity contribution in [2.75, 3.05) is 0 Å². The summed E-state index contributed by atoms with van der Waals surface area (Å²) in [5.74, 6) is 3.93. The molecule has 0 aromatic rings. The zero-order chi connectivity index (χ0) is 70.5. The van der Waals surface area contributed by atoms with Crippen molar-refractivity contribution in [3.8, 4) is 0 Å². The van der Waals surface area contributed by atoms with Crippen LogP contribution in [-0.4, -0.2) is 0 Å². The van der Waals surface area contributed by atoms with Gasteiger partial charge in [0.1, 0.15) is 0 Å². The van der Waals surface area contributed by atoms with Gasteiger partial charge in [-0.1, -0.05) is 391 Å². The Kier molecular flexibility index (Phi) is 58.3. The molecule has 496 valence electrons. The van der Waals surface area contributed by atoms with Gasteiger partial charge < -0.3 is 0 Å². The van der Waals surface area contributed by atoms with Gasteiger partial charge in [0.2, 0.25) is 0 Å². The third-order valence-corrected chi connectivity index (χ3v) is 15.0. The van der Waals surface area contributed by atoms with E-state index < -0.39 is 12.7 Å². The highest BCUT2D eigenvalue weighted by molar-refractivity contribution is 4.87. The van der Waals surface area contributed by atoms with Gasteiger partial charge in [0.25, 0.3) is 0 Å². The topological polar surface area (TPSA) is 0 Å². The van der Waals surface area contributed by atoms with Crippen LogP contribution in [0.4, 0.5) is 0 Å². The minimum atomic E-state index is -1.06. The Morgan fingerprint density at radius 3 is 0.825 bits per heavy atom.